The van der Waals surface area contributed by atoms with Crippen LogP contribution in [0.3, 0.4) is 0 Å². The molecule has 1 aliphatic rings. The van der Waals surface area contributed by atoms with Crippen molar-refractivity contribution in [2.75, 3.05) is 46.5 Å². The zero-order chi connectivity index (χ0) is 38.4. The lowest BCUT2D eigenvalue weighted by molar-refractivity contribution is -0.145. The monoisotopic (exact) mass is 747 g/mol. The molecular weight excluding hydrogens is 694 g/mol. The van der Waals surface area contributed by atoms with Gasteiger partial charge in [-0.1, -0.05) is 13.8 Å². The number of nitrogens with one attached hydrogen (secondary N) is 3. The van der Waals surface area contributed by atoms with E-state index in [-0.39, 0.29) is 74.5 Å². The van der Waals surface area contributed by atoms with E-state index >= 15 is 0 Å². The summed E-state index contributed by atoms with van der Waals surface area (Å²) in [5.41, 5.74) is -0.0742. The van der Waals surface area contributed by atoms with E-state index in [1.54, 1.807) is 39.3 Å². The number of nitrogens with zero attached hydrogens (tertiary/aromatic N) is 2. The lowest BCUT2D eigenvalue weighted by Gasteiger charge is -2.42. The quantitative estimate of drug-likeness (QED) is 0.0881. The van der Waals surface area contributed by atoms with Crippen molar-refractivity contribution in [2.24, 2.45) is 5.41 Å². The zero-order valence-electron chi connectivity index (χ0n) is 30.7. The molecule has 15 nitrogen and oxygen atoms in total. The van der Waals surface area contributed by atoms with Gasteiger partial charge in [0.25, 0.3) is 5.91 Å². The minimum atomic E-state index is -4.32. The van der Waals surface area contributed by atoms with Crippen LogP contribution in [0.5, 0.6) is 11.5 Å². The van der Waals surface area contributed by atoms with Crippen molar-refractivity contribution in [3.8, 4) is 11.5 Å². The molecular formula is C36H53N5O10S. The molecule has 16 heteroatoms. The van der Waals surface area contributed by atoms with Crippen molar-refractivity contribution in [3.05, 3.63) is 48.8 Å². The minimum Gasteiger partial charge on any atom is -0.456 e. The van der Waals surface area contributed by atoms with Crippen LogP contribution in [0.1, 0.15) is 72.6 Å². The number of sulfone groups is 1. The Hall–Kier alpha value is -4.12. The molecule has 0 unspecified atom stereocenters. The molecule has 3 rings (SSSR count). The van der Waals surface area contributed by atoms with Crippen molar-refractivity contribution in [2.45, 2.75) is 87.9 Å². The van der Waals surface area contributed by atoms with Crippen LogP contribution in [0.4, 0.5) is 0 Å². The average Bonchev–Trinajstić information content (AvgIpc) is 3.12. The molecule has 1 aromatic carbocycles. The average molecular weight is 748 g/mol. The number of hydrogen-bond donors (Lipinski definition) is 4. The Morgan fingerprint density at radius 2 is 1.58 bits per heavy atom. The van der Waals surface area contributed by atoms with E-state index in [4.69, 9.17) is 14.2 Å². The Balaban J connectivity index is 1.50. The summed E-state index contributed by atoms with van der Waals surface area (Å²) in [6.45, 7) is 8.70. The van der Waals surface area contributed by atoms with E-state index in [2.05, 4.69) is 15.6 Å². The summed E-state index contributed by atoms with van der Waals surface area (Å²) in [6.07, 6.45) is 4.61. The Morgan fingerprint density at radius 3 is 2.17 bits per heavy atom. The van der Waals surface area contributed by atoms with Gasteiger partial charge in [-0.25, -0.2) is 13.9 Å². The van der Waals surface area contributed by atoms with E-state index in [0.717, 1.165) is 6.42 Å². The van der Waals surface area contributed by atoms with Crippen LogP contribution in [0.2, 0.25) is 0 Å². The molecule has 0 radical (unpaired) electrons. The molecule has 288 valence electrons. The third-order valence-electron chi connectivity index (χ3n) is 9.06. The lowest BCUT2D eigenvalue weighted by atomic mass is 9.86. The number of carbonyl (C=O) groups excluding carboxylic acids is 4. The van der Waals surface area contributed by atoms with Crippen molar-refractivity contribution < 1.29 is 47.0 Å². The number of piperidine rings is 1. The first-order valence-corrected chi connectivity index (χ1v) is 18.9. The maximum absolute atomic E-state index is 13.9. The second kappa shape index (κ2) is 19.1. The molecule has 2 aromatic rings. The van der Waals surface area contributed by atoms with Crippen LogP contribution in [-0.2, 0) is 38.5 Å². The number of hydroxylamine groups is 1. The molecule has 4 N–H and O–H groups in total. The number of benzene rings is 1. The first kappa shape index (κ1) is 42.3. The predicted molar refractivity (Wildman–Crippen MR) is 191 cm³/mol. The molecule has 1 fully saturated rings. The van der Waals surface area contributed by atoms with Gasteiger partial charge < -0.3 is 29.7 Å². The number of ether oxygens (including phenoxy) is 3. The molecule has 0 saturated carbocycles. The third-order valence-corrected chi connectivity index (χ3v) is 11.6. The summed E-state index contributed by atoms with van der Waals surface area (Å²) in [4.78, 5) is 56.3. The maximum atomic E-state index is 13.9. The highest BCUT2D eigenvalue weighted by atomic mass is 32.2. The van der Waals surface area contributed by atoms with Crippen molar-refractivity contribution >= 4 is 33.5 Å². The predicted octanol–water partition coefficient (Wildman–Crippen LogP) is 3.16. The molecule has 4 amide bonds. The summed E-state index contributed by atoms with van der Waals surface area (Å²) in [5.74, 6) is -0.744. The Kier molecular flexibility index (Phi) is 15.5. The van der Waals surface area contributed by atoms with Gasteiger partial charge in [0.15, 0.2) is 14.6 Å². The lowest BCUT2D eigenvalue weighted by Crippen LogP contribution is -2.59. The van der Waals surface area contributed by atoms with Crippen LogP contribution < -0.4 is 20.9 Å². The standard InChI is InChI=1S/C36H53N5O10S/c1-34(2,18-24-50-35(3,4)26-39-31(43)11-6-10-30(42)38-20-8-23-49-5)33(45)41-21-16-36(17-22-41,32(44)40-46)52(47,48)29-14-12-27(13-15-29)51-28-9-7-19-37-25-28/h7,9,12-15,19,25,46H,6,8,10-11,16-18,20-24,26H2,1-5H3,(H,38,42)(H,39,43)(H,40,44). The van der Waals surface area contributed by atoms with Crippen LogP contribution in [0.25, 0.3) is 0 Å². The second-order valence-corrected chi connectivity index (χ2v) is 16.3. The van der Waals surface area contributed by atoms with Gasteiger partial charge in [0.1, 0.15) is 11.5 Å². The molecule has 1 aromatic heterocycles. The van der Waals surface area contributed by atoms with E-state index < -0.39 is 31.5 Å². The summed E-state index contributed by atoms with van der Waals surface area (Å²) in [7, 11) is -2.71. The summed E-state index contributed by atoms with van der Waals surface area (Å²) in [5, 5.41) is 15.2. The fourth-order valence-corrected chi connectivity index (χ4v) is 7.71. The number of pyridine rings is 1. The van der Waals surface area contributed by atoms with Crippen LogP contribution in [0, 0.1) is 5.41 Å². The van der Waals surface area contributed by atoms with Gasteiger partial charge in [0.05, 0.1) is 16.7 Å². The van der Waals surface area contributed by atoms with E-state index in [1.165, 1.54) is 40.8 Å². The van der Waals surface area contributed by atoms with E-state index in [1.807, 2.05) is 13.8 Å². The molecule has 0 bridgehead atoms. The number of likely N-dealkylation sites (tertiary alicyclic amines) is 1. The Bertz CT molecular complexity index is 1590. The molecule has 52 heavy (non-hydrogen) atoms. The van der Waals surface area contributed by atoms with Gasteiger partial charge in [-0.3, -0.25) is 29.4 Å². The van der Waals surface area contributed by atoms with Crippen molar-refractivity contribution in [1.82, 2.24) is 26.0 Å². The number of carbonyl (C=O) groups is 4. The van der Waals surface area contributed by atoms with Crippen LogP contribution in [-0.4, -0.2) is 104 Å². The molecule has 0 aliphatic carbocycles. The first-order chi connectivity index (χ1) is 24.6. The molecule has 0 atom stereocenters. The van der Waals surface area contributed by atoms with Gasteiger partial charge in [-0.05, 0) is 82.3 Å². The third kappa shape index (κ3) is 11.7. The van der Waals surface area contributed by atoms with Gasteiger partial charge >= 0.3 is 0 Å². The Labute approximate surface area is 306 Å². The molecule has 1 aliphatic heterocycles. The first-order valence-electron chi connectivity index (χ1n) is 17.4. The van der Waals surface area contributed by atoms with Gasteiger partial charge in [-0.2, -0.15) is 0 Å². The topological polar surface area (TPSA) is 203 Å². The zero-order valence-corrected chi connectivity index (χ0v) is 31.6. The maximum Gasteiger partial charge on any atom is 0.265 e. The summed E-state index contributed by atoms with van der Waals surface area (Å²) >= 11 is 0. The largest absolute Gasteiger partial charge is 0.456 e. The van der Waals surface area contributed by atoms with E-state index in [0.29, 0.717) is 37.5 Å². The molecule has 1 saturated heterocycles. The van der Waals surface area contributed by atoms with Gasteiger partial charge in [0.2, 0.25) is 17.7 Å². The normalized spacial score (nSPS) is 14.7. The number of amides is 4. The number of methoxy groups -OCH3 is 1. The van der Waals surface area contributed by atoms with Crippen LogP contribution >= 0.6 is 0 Å². The van der Waals surface area contributed by atoms with Gasteiger partial charge in [-0.15, -0.1) is 0 Å². The smallest absolute Gasteiger partial charge is 0.265 e. The second-order valence-electron chi connectivity index (χ2n) is 14.1. The van der Waals surface area contributed by atoms with Gasteiger partial charge in [0, 0.05) is 71.0 Å². The number of aromatic nitrogens is 1. The fourth-order valence-electron chi connectivity index (χ4n) is 5.76. The highest BCUT2D eigenvalue weighted by molar-refractivity contribution is 7.93. The Morgan fingerprint density at radius 1 is 0.923 bits per heavy atom. The summed E-state index contributed by atoms with van der Waals surface area (Å²) < 4.78 is 42.5. The number of rotatable bonds is 20. The molecule has 2 heterocycles. The fraction of sp³-hybridized carbons (Fsp3) is 0.583. The number of hydrogen-bond acceptors (Lipinski definition) is 11. The van der Waals surface area contributed by atoms with Crippen molar-refractivity contribution in [1.29, 1.82) is 0 Å². The summed E-state index contributed by atoms with van der Waals surface area (Å²) in [6, 6.07) is 9.03. The SMILES string of the molecule is COCCCNC(=O)CCCC(=O)NCC(C)(C)OCCC(C)(C)C(=O)N1CCC(C(=O)NO)(S(=O)(=O)c2ccc(Oc3cccnc3)cc2)CC1. The van der Waals surface area contributed by atoms with Crippen LogP contribution in [0.15, 0.2) is 53.7 Å². The minimum absolute atomic E-state index is 0.0228. The highest BCUT2D eigenvalue weighted by Gasteiger charge is 2.54. The highest BCUT2D eigenvalue weighted by Crippen LogP contribution is 2.38. The van der Waals surface area contributed by atoms with Crippen molar-refractivity contribution in [3.63, 3.8) is 0 Å². The molecule has 0 spiro atoms. The van der Waals surface area contributed by atoms with E-state index in [9.17, 15) is 32.8 Å².